The summed E-state index contributed by atoms with van der Waals surface area (Å²) in [5.74, 6) is -0.112. The number of nitrogens with one attached hydrogen (secondary N) is 1. The molecule has 1 aliphatic carbocycles. The van der Waals surface area contributed by atoms with Gasteiger partial charge in [-0.1, -0.05) is 31.5 Å². The highest BCUT2D eigenvalue weighted by atomic mass is 32.1. The van der Waals surface area contributed by atoms with Gasteiger partial charge in [-0.25, -0.2) is 0 Å². The molecule has 0 atom stereocenters. The molecule has 1 saturated carbocycles. The van der Waals surface area contributed by atoms with Crippen LogP contribution in [0.15, 0.2) is 22.7 Å². The Morgan fingerprint density at radius 3 is 2.75 bits per heavy atom. The second-order valence-electron chi connectivity index (χ2n) is 5.96. The van der Waals surface area contributed by atoms with Gasteiger partial charge in [0.1, 0.15) is 5.41 Å². The molecule has 1 aromatic heterocycles. The Balaban J connectivity index is 2.02. The molecule has 0 saturated heterocycles. The van der Waals surface area contributed by atoms with E-state index in [1.165, 1.54) is 4.88 Å². The topological polar surface area (TPSA) is 87.7 Å². The fourth-order valence-electron chi connectivity index (χ4n) is 2.45. The highest BCUT2D eigenvalue weighted by Crippen LogP contribution is 2.41. The lowest BCUT2D eigenvalue weighted by Gasteiger charge is -2.39. The van der Waals surface area contributed by atoms with Crippen LogP contribution >= 0.6 is 11.3 Å². The fourth-order valence-corrected chi connectivity index (χ4v) is 3.30. The highest BCUT2D eigenvalue weighted by Gasteiger charge is 2.48. The number of amides is 1. The lowest BCUT2D eigenvalue weighted by atomic mass is 9.67. The van der Waals surface area contributed by atoms with Crippen molar-refractivity contribution in [2.45, 2.75) is 38.5 Å². The van der Waals surface area contributed by atoms with Gasteiger partial charge in [-0.2, -0.15) is 0 Å². The number of amidine groups is 1. The minimum atomic E-state index is -0.805. The molecule has 1 aromatic rings. The molecule has 1 fully saturated rings. The van der Waals surface area contributed by atoms with Gasteiger partial charge in [0, 0.05) is 16.8 Å². The van der Waals surface area contributed by atoms with Crippen LogP contribution in [0.4, 0.5) is 0 Å². The Morgan fingerprint density at radius 1 is 1.60 bits per heavy atom. The van der Waals surface area contributed by atoms with E-state index in [1.54, 1.807) is 11.3 Å². The summed E-state index contributed by atoms with van der Waals surface area (Å²) in [6.07, 6.45) is 2.22. The van der Waals surface area contributed by atoms with Crippen LogP contribution in [0.25, 0.3) is 0 Å². The Morgan fingerprint density at radius 2 is 2.30 bits per heavy atom. The van der Waals surface area contributed by atoms with E-state index in [9.17, 15) is 4.79 Å². The van der Waals surface area contributed by atoms with Gasteiger partial charge in [0.05, 0.1) is 0 Å². The zero-order valence-corrected chi connectivity index (χ0v) is 12.7. The summed E-state index contributed by atoms with van der Waals surface area (Å²) in [7, 11) is 0. The minimum absolute atomic E-state index is 0.0233. The number of hydrogen-bond acceptors (Lipinski definition) is 4. The molecule has 0 radical (unpaired) electrons. The van der Waals surface area contributed by atoms with Gasteiger partial charge in [-0.15, -0.1) is 11.3 Å². The van der Waals surface area contributed by atoms with Gasteiger partial charge < -0.3 is 16.3 Å². The molecule has 20 heavy (non-hydrogen) atoms. The van der Waals surface area contributed by atoms with Crippen molar-refractivity contribution < 1.29 is 10.0 Å². The predicted octanol–water partition coefficient (Wildman–Crippen LogP) is 2.06. The summed E-state index contributed by atoms with van der Waals surface area (Å²) in [5, 5.41) is 16.9. The van der Waals surface area contributed by atoms with Crippen LogP contribution < -0.4 is 11.1 Å². The average molecular weight is 295 g/mol. The first-order chi connectivity index (χ1) is 9.42. The van der Waals surface area contributed by atoms with Gasteiger partial charge >= 0.3 is 0 Å². The second-order valence-corrected chi connectivity index (χ2v) is 6.91. The van der Waals surface area contributed by atoms with Crippen molar-refractivity contribution in [1.82, 2.24) is 5.32 Å². The normalized spacial score (nSPS) is 18.4. The summed E-state index contributed by atoms with van der Waals surface area (Å²) in [6.45, 7) is 4.72. The zero-order valence-electron chi connectivity index (χ0n) is 11.8. The molecular weight excluding hydrogens is 274 g/mol. The standard InChI is InChI=1S/C14H21N3O2S/c1-13(2,10-5-3-8-20-10)9-16-12(18)14(6-4-7-14)11(15)17-19/h3,5,8,19H,4,6-7,9H2,1-2H3,(H2,15,17)(H,16,18). The number of thiophene rings is 1. The monoisotopic (exact) mass is 295 g/mol. The molecule has 5 nitrogen and oxygen atoms in total. The van der Waals surface area contributed by atoms with Gasteiger partial charge in [-0.05, 0) is 24.3 Å². The van der Waals surface area contributed by atoms with Crippen LogP contribution in [0.2, 0.25) is 0 Å². The van der Waals surface area contributed by atoms with Crippen LogP contribution in [0.1, 0.15) is 38.0 Å². The maximum absolute atomic E-state index is 12.4. The van der Waals surface area contributed by atoms with Crippen LogP contribution in [0, 0.1) is 5.41 Å². The van der Waals surface area contributed by atoms with Gasteiger partial charge in [0.2, 0.25) is 5.91 Å². The smallest absolute Gasteiger partial charge is 0.233 e. The Labute approximate surface area is 122 Å². The molecule has 4 N–H and O–H groups in total. The van der Waals surface area contributed by atoms with Gasteiger partial charge in [0.25, 0.3) is 0 Å². The van der Waals surface area contributed by atoms with Crippen molar-refractivity contribution in [1.29, 1.82) is 0 Å². The van der Waals surface area contributed by atoms with Crippen LogP contribution in [-0.4, -0.2) is 23.5 Å². The summed E-state index contributed by atoms with van der Waals surface area (Å²) < 4.78 is 0. The zero-order chi connectivity index (χ0) is 14.8. The second kappa shape index (κ2) is 5.44. The third-order valence-electron chi connectivity index (χ3n) is 4.12. The van der Waals surface area contributed by atoms with Gasteiger partial charge in [-0.3, -0.25) is 4.79 Å². The van der Waals surface area contributed by atoms with E-state index in [1.807, 2.05) is 11.4 Å². The van der Waals surface area contributed by atoms with Crippen molar-refractivity contribution in [3.05, 3.63) is 22.4 Å². The molecule has 1 amide bonds. The van der Waals surface area contributed by atoms with Crippen LogP contribution in [0.3, 0.4) is 0 Å². The molecule has 110 valence electrons. The van der Waals surface area contributed by atoms with E-state index < -0.39 is 5.41 Å². The summed E-state index contributed by atoms with van der Waals surface area (Å²) in [4.78, 5) is 13.6. The van der Waals surface area contributed by atoms with E-state index in [0.717, 1.165) is 6.42 Å². The number of rotatable bonds is 5. The molecule has 2 rings (SSSR count). The number of hydrogen-bond donors (Lipinski definition) is 3. The fraction of sp³-hybridized carbons (Fsp3) is 0.571. The molecule has 0 unspecified atom stereocenters. The van der Waals surface area contributed by atoms with Crippen molar-refractivity contribution in [3.63, 3.8) is 0 Å². The first kappa shape index (κ1) is 14.8. The molecule has 1 heterocycles. The molecule has 0 spiro atoms. The van der Waals surface area contributed by atoms with E-state index in [-0.39, 0.29) is 17.2 Å². The number of nitrogens with two attached hydrogens (primary N) is 1. The molecule has 6 heteroatoms. The first-order valence-electron chi connectivity index (χ1n) is 6.73. The SMILES string of the molecule is CC(C)(CNC(=O)C1(/C(N)=N/O)CCC1)c1cccs1. The number of oxime groups is 1. The Bertz CT molecular complexity index is 504. The third kappa shape index (κ3) is 2.52. The van der Waals surface area contributed by atoms with Crippen LogP contribution in [-0.2, 0) is 10.2 Å². The van der Waals surface area contributed by atoms with E-state index >= 15 is 0 Å². The lowest BCUT2D eigenvalue weighted by Crippen LogP contribution is -2.55. The number of nitrogens with zero attached hydrogens (tertiary/aromatic N) is 1. The quantitative estimate of drug-likeness (QED) is 0.336. The van der Waals surface area contributed by atoms with Crippen molar-refractivity contribution >= 4 is 23.1 Å². The average Bonchev–Trinajstić information content (AvgIpc) is 2.89. The van der Waals surface area contributed by atoms with Gasteiger partial charge in [0.15, 0.2) is 5.84 Å². The first-order valence-corrected chi connectivity index (χ1v) is 7.61. The largest absolute Gasteiger partial charge is 0.409 e. The third-order valence-corrected chi connectivity index (χ3v) is 5.35. The Hall–Kier alpha value is -1.56. The van der Waals surface area contributed by atoms with Crippen molar-refractivity contribution in [3.8, 4) is 0 Å². The van der Waals surface area contributed by atoms with E-state index in [0.29, 0.717) is 19.4 Å². The highest BCUT2D eigenvalue weighted by molar-refractivity contribution is 7.10. The molecule has 0 aromatic carbocycles. The molecular formula is C14H21N3O2S. The molecule has 1 aliphatic rings. The van der Waals surface area contributed by atoms with E-state index in [2.05, 4.69) is 30.4 Å². The maximum atomic E-state index is 12.4. The summed E-state index contributed by atoms with van der Waals surface area (Å²) in [6, 6.07) is 4.08. The minimum Gasteiger partial charge on any atom is -0.409 e. The van der Waals surface area contributed by atoms with E-state index in [4.69, 9.17) is 10.9 Å². The molecule has 0 bridgehead atoms. The predicted molar refractivity (Wildman–Crippen MR) is 80.0 cm³/mol. The van der Waals surface area contributed by atoms with Crippen molar-refractivity contribution in [2.24, 2.45) is 16.3 Å². The summed E-state index contributed by atoms with van der Waals surface area (Å²) >= 11 is 1.68. The maximum Gasteiger partial charge on any atom is 0.233 e. The van der Waals surface area contributed by atoms with Crippen LogP contribution in [0.5, 0.6) is 0 Å². The number of carbonyl (C=O) groups is 1. The Kier molecular flexibility index (Phi) is 4.04. The lowest BCUT2D eigenvalue weighted by molar-refractivity contribution is -0.131. The molecule has 0 aliphatic heterocycles. The van der Waals surface area contributed by atoms with Crippen molar-refractivity contribution in [2.75, 3.05) is 6.54 Å². The number of carbonyl (C=O) groups excluding carboxylic acids is 1. The summed E-state index contributed by atoms with van der Waals surface area (Å²) in [5.41, 5.74) is 4.76.